The Balaban J connectivity index is 3.35. The van der Waals surface area contributed by atoms with Gasteiger partial charge in [-0.3, -0.25) is 4.79 Å². The molecule has 0 spiro atoms. The van der Waals surface area contributed by atoms with Gasteiger partial charge >= 0.3 is 5.97 Å². The Kier molecular flexibility index (Phi) is 4.09. The monoisotopic (exact) mass is 315 g/mol. The Bertz CT molecular complexity index is 435. The number of carboxylic acids is 1. The quantitative estimate of drug-likeness (QED) is 0.871. The Morgan fingerprint density at radius 1 is 1.60 bits per heavy atom. The highest BCUT2D eigenvalue weighted by atomic mass is 127. The molecule has 0 saturated carbocycles. The van der Waals surface area contributed by atoms with E-state index in [-0.39, 0.29) is 6.42 Å². The first-order valence-electron chi connectivity index (χ1n) is 4.52. The lowest BCUT2D eigenvalue weighted by Crippen LogP contribution is -2.07. The van der Waals surface area contributed by atoms with Gasteiger partial charge in [0.15, 0.2) is 0 Å². The molecule has 0 amide bonds. The SMILES string of the molecule is CCc1ccc(I)c(C#N)c1CC(=O)O. The molecule has 0 saturated heterocycles. The van der Waals surface area contributed by atoms with Crippen molar-refractivity contribution < 1.29 is 9.90 Å². The van der Waals surface area contributed by atoms with Gasteiger partial charge in [-0.05, 0) is 46.2 Å². The van der Waals surface area contributed by atoms with Crippen molar-refractivity contribution in [2.45, 2.75) is 19.8 Å². The topological polar surface area (TPSA) is 61.1 Å². The molecule has 0 aliphatic rings. The van der Waals surface area contributed by atoms with Crippen LogP contribution in [0.5, 0.6) is 0 Å². The Hall–Kier alpha value is -1.09. The minimum atomic E-state index is -0.900. The second kappa shape index (κ2) is 5.12. The van der Waals surface area contributed by atoms with Crippen molar-refractivity contribution in [1.29, 1.82) is 5.26 Å². The number of aliphatic carboxylic acids is 1. The number of rotatable bonds is 3. The number of nitrogens with zero attached hydrogens (tertiary/aromatic N) is 1. The maximum atomic E-state index is 10.7. The van der Waals surface area contributed by atoms with Crippen molar-refractivity contribution in [3.63, 3.8) is 0 Å². The van der Waals surface area contributed by atoms with Gasteiger partial charge in [-0.15, -0.1) is 0 Å². The minimum absolute atomic E-state index is 0.0804. The smallest absolute Gasteiger partial charge is 0.307 e. The van der Waals surface area contributed by atoms with E-state index in [4.69, 9.17) is 10.4 Å². The number of halogens is 1. The second-order valence-corrected chi connectivity index (χ2v) is 4.26. The first-order chi connectivity index (χ1) is 7.10. The number of nitriles is 1. The van der Waals surface area contributed by atoms with Crippen molar-refractivity contribution >= 4 is 28.6 Å². The van der Waals surface area contributed by atoms with Crippen LogP contribution < -0.4 is 0 Å². The molecule has 0 aromatic heterocycles. The van der Waals surface area contributed by atoms with E-state index in [9.17, 15) is 4.79 Å². The van der Waals surface area contributed by atoms with Gasteiger partial charge in [0.05, 0.1) is 12.0 Å². The van der Waals surface area contributed by atoms with Crippen LogP contribution in [0, 0.1) is 14.9 Å². The lowest BCUT2D eigenvalue weighted by atomic mass is 9.97. The van der Waals surface area contributed by atoms with E-state index in [0.29, 0.717) is 11.1 Å². The summed E-state index contributed by atoms with van der Waals surface area (Å²) in [5, 5.41) is 17.8. The molecule has 3 nitrogen and oxygen atoms in total. The number of carbonyl (C=O) groups is 1. The first kappa shape index (κ1) is 12.0. The van der Waals surface area contributed by atoms with E-state index in [1.54, 1.807) is 0 Å². The molecular formula is C11H10INO2. The molecule has 0 heterocycles. The fourth-order valence-corrected chi connectivity index (χ4v) is 2.09. The number of carboxylic acid groups (broad SMARTS) is 1. The highest BCUT2D eigenvalue weighted by molar-refractivity contribution is 14.1. The summed E-state index contributed by atoms with van der Waals surface area (Å²) >= 11 is 2.05. The summed E-state index contributed by atoms with van der Waals surface area (Å²) in [6.07, 6.45) is 0.664. The molecule has 0 fully saturated rings. The van der Waals surface area contributed by atoms with Crippen molar-refractivity contribution in [3.8, 4) is 6.07 Å². The van der Waals surface area contributed by atoms with Crippen LogP contribution in [-0.2, 0) is 17.6 Å². The molecule has 0 radical (unpaired) electrons. The van der Waals surface area contributed by atoms with Crippen molar-refractivity contribution in [2.75, 3.05) is 0 Å². The third kappa shape index (κ3) is 2.69. The van der Waals surface area contributed by atoms with Crippen LogP contribution in [0.25, 0.3) is 0 Å². The summed E-state index contributed by atoms with van der Waals surface area (Å²) in [5.74, 6) is -0.900. The molecule has 1 aromatic rings. The summed E-state index contributed by atoms with van der Waals surface area (Å²) in [5.41, 5.74) is 2.09. The van der Waals surface area contributed by atoms with E-state index in [1.807, 2.05) is 19.1 Å². The minimum Gasteiger partial charge on any atom is -0.481 e. The second-order valence-electron chi connectivity index (χ2n) is 3.10. The molecule has 0 atom stereocenters. The fourth-order valence-electron chi connectivity index (χ4n) is 1.47. The van der Waals surface area contributed by atoms with Crippen LogP contribution in [-0.4, -0.2) is 11.1 Å². The van der Waals surface area contributed by atoms with Gasteiger partial charge in [0.25, 0.3) is 0 Å². The Labute approximate surface area is 102 Å². The molecule has 0 unspecified atom stereocenters. The van der Waals surface area contributed by atoms with Crippen LogP contribution in [0.15, 0.2) is 12.1 Å². The van der Waals surface area contributed by atoms with E-state index < -0.39 is 5.97 Å². The molecule has 0 bridgehead atoms. The molecule has 1 N–H and O–H groups in total. The van der Waals surface area contributed by atoms with Crippen molar-refractivity contribution in [3.05, 3.63) is 32.4 Å². The van der Waals surface area contributed by atoms with Crippen molar-refractivity contribution in [2.24, 2.45) is 0 Å². The van der Waals surface area contributed by atoms with Crippen LogP contribution in [0.1, 0.15) is 23.6 Å². The highest BCUT2D eigenvalue weighted by Crippen LogP contribution is 2.21. The van der Waals surface area contributed by atoms with Gasteiger partial charge in [0.1, 0.15) is 6.07 Å². The van der Waals surface area contributed by atoms with E-state index >= 15 is 0 Å². The lowest BCUT2D eigenvalue weighted by Gasteiger charge is -2.09. The maximum Gasteiger partial charge on any atom is 0.307 e. The molecule has 78 valence electrons. The zero-order valence-corrected chi connectivity index (χ0v) is 10.4. The lowest BCUT2D eigenvalue weighted by molar-refractivity contribution is -0.136. The first-order valence-corrected chi connectivity index (χ1v) is 5.60. The summed E-state index contributed by atoms with van der Waals surface area (Å²) in [6.45, 7) is 1.95. The van der Waals surface area contributed by atoms with E-state index in [0.717, 1.165) is 15.6 Å². The molecule has 15 heavy (non-hydrogen) atoms. The van der Waals surface area contributed by atoms with E-state index in [2.05, 4.69) is 28.7 Å². The number of aryl methyl sites for hydroxylation is 1. The predicted molar refractivity (Wildman–Crippen MR) is 64.6 cm³/mol. The molecule has 0 aliphatic heterocycles. The third-order valence-corrected chi connectivity index (χ3v) is 3.08. The Morgan fingerprint density at radius 3 is 2.73 bits per heavy atom. The average Bonchev–Trinajstić information content (AvgIpc) is 2.18. The normalized spacial score (nSPS) is 9.67. The van der Waals surface area contributed by atoms with Crippen molar-refractivity contribution in [1.82, 2.24) is 0 Å². The zero-order valence-electron chi connectivity index (χ0n) is 8.25. The molecule has 1 aromatic carbocycles. The van der Waals surface area contributed by atoms with Crippen LogP contribution in [0.4, 0.5) is 0 Å². The molecule has 0 aliphatic carbocycles. The summed E-state index contributed by atoms with van der Waals surface area (Å²) < 4.78 is 0.809. The molecule has 4 heteroatoms. The third-order valence-electron chi connectivity index (χ3n) is 2.18. The van der Waals surface area contributed by atoms with Gasteiger partial charge in [-0.25, -0.2) is 0 Å². The summed E-state index contributed by atoms with van der Waals surface area (Å²) in [4.78, 5) is 10.7. The van der Waals surface area contributed by atoms with Crippen LogP contribution in [0.2, 0.25) is 0 Å². The zero-order chi connectivity index (χ0) is 11.4. The standard InChI is InChI=1S/C11H10INO2/c1-2-7-3-4-10(12)9(6-13)8(7)5-11(14)15/h3-4H,2,5H2,1H3,(H,14,15). The van der Waals surface area contributed by atoms with Crippen LogP contribution in [0.3, 0.4) is 0 Å². The van der Waals surface area contributed by atoms with Gasteiger partial charge in [0, 0.05) is 3.57 Å². The van der Waals surface area contributed by atoms with Gasteiger partial charge in [0.2, 0.25) is 0 Å². The van der Waals surface area contributed by atoms with Gasteiger partial charge in [-0.1, -0.05) is 13.0 Å². The van der Waals surface area contributed by atoms with Gasteiger partial charge in [-0.2, -0.15) is 5.26 Å². The number of hydrogen-bond donors (Lipinski definition) is 1. The predicted octanol–water partition coefficient (Wildman–Crippen LogP) is 2.35. The van der Waals surface area contributed by atoms with E-state index in [1.165, 1.54) is 0 Å². The largest absolute Gasteiger partial charge is 0.481 e. The number of benzene rings is 1. The summed E-state index contributed by atoms with van der Waals surface area (Å²) in [6, 6.07) is 5.81. The highest BCUT2D eigenvalue weighted by Gasteiger charge is 2.13. The summed E-state index contributed by atoms with van der Waals surface area (Å²) in [7, 11) is 0. The van der Waals surface area contributed by atoms with Crippen LogP contribution >= 0.6 is 22.6 Å². The molecular weight excluding hydrogens is 305 g/mol. The maximum absolute atomic E-state index is 10.7. The fraction of sp³-hybridized carbons (Fsp3) is 0.273. The average molecular weight is 315 g/mol. The van der Waals surface area contributed by atoms with Gasteiger partial charge < -0.3 is 5.11 Å². The molecule has 1 rings (SSSR count). The number of hydrogen-bond acceptors (Lipinski definition) is 2. The Morgan fingerprint density at radius 2 is 2.27 bits per heavy atom.